The lowest BCUT2D eigenvalue weighted by molar-refractivity contribution is -0.141. The number of carboxylic acids is 1. The van der Waals surface area contributed by atoms with Crippen LogP contribution in [0.25, 0.3) is 0 Å². The van der Waals surface area contributed by atoms with Crippen LogP contribution < -0.4 is 15.5 Å². The summed E-state index contributed by atoms with van der Waals surface area (Å²) in [5.41, 5.74) is 1.65. The molecule has 122 valence electrons. The number of methoxy groups -OCH3 is 1. The smallest absolute Gasteiger partial charge is 0.321 e. The van der Waals surface area contributed by atoms with Crippen molar-refractivity contribution in [2.75, 3.05) is 44.6 Å². The zero-order valence-electron chi connectivity index (χ0n) is 13.1. The molecule has 0 aliphatic carbocycles. The van der Waals surface area contributed by atoms with Crippen molar-refractivity contribution in [3.63, 3.8) is 0 Å². The summed E-state index contributed by atoms with van der Waals surface area (Å²) in [6, 6.07) is 6.38. The van der Waals surface area contributed by atoms with Gasteiger partial charge in [-0.3, -0.25) is 9.59 Å². The van der Waals surface area contributed by atoms with E-state index in [9.17, 15) is 9.59 Å². The number of hydrogen-bond acceptors (Lipinski definition) is 5. The molecule has 1 rings (SSSR count). The summed E-state index contributed by atoms with van der Waals surface area (Å²) in [4.78, 5) is 25.0. The van der Waals surface area contributed by atoms with Gasteiger partial charge in [0.25, 0.3) is 0 Å². The first-order valence-corrected chi connectivity index (χ1v) is 6.96. The van der Waals surface area contributed by atoms with E-state index in [1.54, 1.807) is 12.1 Å². The molecule has 1 amide bonds. The minimum atomic E-state index is -1.06. The Balaban J connectivity index is 2.53. The lowest BCUT2D eigenvalue weighted by atomic mass is 10.2. The number of benzene rings is 1. The number of carbonyl (C=O) groups is 2. The van der Waals surface area contributed by atoms with Gasteiger partial charge in [0.2, 0.25) is 5.91 Å². The molecule has 0 fully saturated rings. The summed E-state index contributed by atoms with van der Waals surface area (Å²) < 4.78 is 4.84. The number of anilines is 2. The molecular weight excluding hydrogens is 286 g/mol. The van der Waals surface area contributed by atoms with Gasteiger partial charge in [-0.05, 0) is 24.3 Å². The van der Waals surface area contributed by atoms with Crippen molar-refractivity contribution < 1.29 is 19.4 Å². The van der Waals surface area contributed by atoms with Crippen LogP contribution in [0.1, 0.15) is 6.42 Å². The van der Waals surface area contributed by atoms with Crippen LogP contribution >= 0.6 is 0 Å². The predicted octanol–water partition coefficient (Wildman–Crippen LogP) is 0.770. The zero-order chi connectivity index (χ0) is 16.5. The van der Waals surface area contributed by atoms with E-state index in [2.05, 4.69) is 10.6 Å². The van der Waals surface area contributed by atoms with E-state index in [0.717, 1.165) is 5.69 Å². The van der Waals surface area contributed by atoms with Gasteiger partial charge in [-0.2, -0.15) is 0 Å². The molecule has 0 bridgehead atoms. The molecule has 0 spiro atoms. The number of hydrogen-bond donors (Lipinski definition) is 3. The van der Waals surface area contributed by atoms with E-state index in [0.29, 0.717) is 18.8 Å². The number of rotatable bonds is 9. The quantitative estimate of drug-likeness (QED) is 0.584. The van der Waals surface area contributed by atoms with Gasteiger partial charge in [0, 0.05) is 39.1 Å². The highest BCUT2D eigenvalue weighted by atomic mass is 16.5. The van der Waals surface area contributed by atoms with Crippen molar-refractivity contribution in [1.29, 1.82) is 0 Å². The van der Waals surface area contributed by atoms with Crippen LogP contribution in [-0.4, -0.2) is 57.4 Å². The van der Waals surface area contributed by atoms with Gasteiger partial charge in [-0.15, -0.1) is 0 Å². The summed E-state index contributed by atoms with van der Waals surface area (Å²) in [5, 5.41) is 14.6. The highest BCUT2D eigenvalue weighted by Crippen LogP contribution is 2.15. The normalized spacial score (nSPS) is 11.8. The van der Waals surface area contributed by atoms with Crippen molar-refractivity contribution in [1.82, 2.24) is 5.32 Å². The van der Waals surface area contributed by atoms with Gasteiger partial charge in [0.1, 0.15) is 6.04 Å². The van der Waals surface area contributed by atoms with E-state index >= 15 is 0 Å². The number of aliphatic carboxylic acids is 1. The summed E-state index contributed by atoms with van der Waals surface area (Å²) in [7, 11) is 5.38. The molecule has 1 aromatic rings. The Morgan fingerprint density at radius 3 is 2.41 bits per heavy atom. The molecular formula is C15H23N3O4. The van der Waals surface area contributed by atoms with Crippen molar-refractivity contribution in [2.45, 2.75) is 12.5 Å². The van der Waals surface area contributed by atoms with Crippen LogP contribution in [-0.2, 0) is 14.3 Å². The Kier molecular flexibility index (Phi) is 7.34. The molecule has 1 aromatic carbocycles. The molecule has 0 aliphatic rings. The topological polar surface area (TPSA) is 90.9 Å². The van der Waals surface area contributed by atoms with Crippen LogP contribution in [0, 0.1) is 0 Å². The second-order valence-corrected chi connectivity index (χ2v) is 5.03. The minimum Gasteiger partial charge on any atom is -0.480 e. The maximum atomic E-state index is 11.9. The molecule has 22 heavy (non-hydrogen) atoms. The average molecular weight is 309 g/mol. The lowest BCUT2D eigenvalue weighted by Crippen LogP contribution is -2.41. The largest absolute Gasteiger partial charge is 0.480 e. The van der Waals surface area contributed by atoms with Gasteiger partial charge < -0.3 is 25.4 Å². The Hall–Kier alpha value is -2.12. The third kappa shape index (κ3) is 6.11. The fourth-order valence-corrected chi connectivity index (χ4v) is 1.82. The molecule has 3 N–H and O–H groups in total. The van der Waals surface area contributed by atoms with Crippen LogP contribution in [0.3, 0.4) is 0 Å². The number of carbonyl (C=O) groups excluding carboxylic acids is 1. The van der Waals surface area contributed by atoms with Gasteiger partial charge in [-0.1, -0.05) is 0 Å². The first-order chi connectivity index (χ1) is 10.4. The predicted molar refractivity (Wildman–Crippen MR) is 85.3 cm³/mol. The zero-order valence-corrected chi connectivity index (χ0v) is 13.1. The third-order valence-corrected chi connectivity index (χ3v) is 3.05. The van der Waals surface area contributed by atoms with Crippen LogP contribution in [0.15, 0.2) is 24.3 Å². The molecule has 1 atom stereocenters. The van der Waals surface area contributed by atoms with E-state index < -0.39 is 12.0 Å². The summed E-state index contributed by atoms with van der Waals surface area (Å²) >= 11 is 0. The average Bonchev–Trinajstić information content (AvgIpc) is 2.46. The second kappa shape index (κ2) is 9.01. The van der Waals surface area contributed by atoms with Crippen molar-refractivity contribution >= 4 is 23.3 Å². The number of nitrogens with one attached hydrogen (secondary N) is 2. The highest BCUT2D eigenvalue weighted by molar-refractivity contribution is 5.94. The highest BCUT2D eigenvalue weighted by Gasteiger charge is 2.20. The maximum Gasteiger partial charge on any atom is 0.321 e. The fourth-order valence-electron chi connectivity index (χ4n) is 1.82. The molecule has 0 unspecified atom stereocenters. The van der Waals surface area contributed by atoms with E-state index in [1.807, 2.05) is 31.1 Å². The Morgan fingerprint density at radius 1 is 1.27 bits per heavy atom. The molecule has 0 aliphatic heterocycles. The Labute approximate surface area is 130 Å². The Bertz CT molecular complexity index is 488. The minimum absolute atomic E-state index is 0.144. The monoisotopic (exact) mass is 309 g/mol. The summed E-state index contributed by atoms with van der Waals surface area (Å²) in [5.74, 6) is -1.41. The Morgan fingerprint density at radius 2 is 1.91 bits per heavy atom. The lowest BCUT2D eigenvalue weighted by Gasteiger charge is -2.15. The molecule has 0 heterocycles. The van der Waals surface area contributed by atoms with E-state index in [4.69, 9.17) is 9.84 Å². The molecule has 7 nitrogen and oxygen atoms in total. The first-order valence-electron chi connectivity index (χ1n) is 6.96. The summed E-state index contributed by atoms with van der Waals surface area (Å²) in [6.07, 6.45) is -0.144. The van der Waals surface area contributed by atoms with Gasteiger partial charge >= 0.3 is 5.97 Å². The van der Waals surface area contributed by atoms with Crippen molar-refractivity contribution in [2.24, 2.45) is 0 Å². The second-order valence-electron chi connectivity index (χ2n) is 5.03. The van der Waals surface area contributed by atoms with Crippen molar-refractivity contribution in [3.8, 4) is 0 Å². The number of nitrogens with zero attached hydrogens (tertiary/aromatic N) is 1. The van der Waals surface area contributed by atoms with Crippen LogP contribution in [0.2, 0.25) is 0 Å². The maximum absolute atomic E-state index is 11.9. The number of amides is 1. The molecule has 0 radical (unpaired) electrons. The fraction of sp³-hybridized carbons (Fsp3) is 0.467. The molecule has 0 saturated heterocycles. The van der Waals surface area contributed by atoms with Crippen LogP contribution in [0.4, 0.5) is 11.4 Å². The standard InChI is InChI=1S/C15H23N3O4/c1-18(2)12-6-4-11(5-7-12)17-14(19)10-13(15(20)21)16-8-9-22-3/h4-7,13,16H,8-10H2,1-3H3,(H,17,19)(H,20,21)/t13-/m1/s1. The van der Waals surface area contributed by atoms with Crippen molar-refractivity contribution in [3.05, 3.63) is 24.3 Å². The molecule has 0 saturated carbocycles. The summed E-state index contributed by atoms with van der Waals surface area (Å²) in [6.45, 7) is 0.760. The number of carboxylic acid groups (broad SMARTS) is 1. The van der Waals surface area contributed by atoms with E-state index in [-0.39, 0.29) is 12.3 Å². The SMILES string of the molecule is COCCN[C@H](CC(=O)Nc1ccc(N(C)C)cc1)C(=O)O. The van der Waals surface area contributed by atoms with Gasteiger partial charge in [0.05, 0.1) is 13.0 Å². The van der Waals surface area contributed by atoms with Crippen LogP contribution in [0.5, 0.6) is 0 Å². The number of ether oxygens (including phenoxy) is 1. The molecule has 7 heteroatoms. The molecule has 0 aromatic heterocycles. The van der Waals surface area contributed by atoms with Gasteiger partial charge in [0.15, 0.2) is 0 Å². The third-order valence-electron chi connectivity index (χ3n) is 3.05. The first kappa shape index (κ1) is 17.9. The van der Waals surface area contributed by atoms with Gasteiger partial charge in [-0.25, -0.2) is 0 Å². The van der Waals surface area contributed by atoms with E-state index in [1.165, 1.54) is 7.11 Å².